The number of aliphatic hydroxyl groups is 1. The van der Waals surface area contributed by atoms with Gasteiger partial charge in [0.15, 0.2) is 0 Å². The summed E-state index contributed by atoms with van der Waals surface area (Å²) in [5, 5.41) is 18.6. The molecular formula is C14H18N2O. The van der Waals surface area contributed by atoms with Crippen molar-refractivity contribution in [1.29, 1.82) is 5.26 Å². The van der Waals surface area contributed by atoms with Crippen LogP contribution in [-0.4, -0.2) is 29.2 Å². The predicted octanol–water partition coefficient (Wildman–Crippen LogP) is 1.91. The Morgan fingerprint density at radius 3 is 2.94 bits per heavy atom. The molecule has 0 bridgehead atoms. The van der Waals surface area contributed by atoms with Crippen LogP contribution in [-0.2, 0) is 6.54 Å². The van der Waals surface area contributed by atoms with Crippen LogP contribution < -0.4 is 0 Å². The van der Waals surface area contributed by atoms with Crippen LogP contribution >= 0.6 is 0 Å². The van der Waals surface area contributed by atoms with Gasteiger partial charge in [-0.15, -0.1) is 0 Å². The number of hydrogen-bond donors (Lipinski definition) is 1. The van der Waals surface area contributed by atoms with E-state index in [0.29, 0.717) is 0 Å². The fraction of sp³-hybridized carbons (Fsp3) is 0.500. The molecule has 0 radical (unpaired) electrons. The number of aliphatic hydroxyl groups excluding tert-OH is 1. The Morgan fingerprint density at radius 2 is 2.12 bits per heavy atom. The molecule has 1 atom stereocenters. The number of rotatable bonds is 2. The van der Waals surface area contributed by atoms with E-state index in [2.05, 4.69) is 11.0 Å². The molecule has 2 rings (SSSR count). The highest BCUT2D eigenvalue weighted by atomic mass is 16.3. The molecule has 0 spiro atoms. The Labute approximate surface area is 102 Å². The molecule has 0 saturated carbocycles. The minimum Gasteiger partial charge on any atom is -0.393 e. The fourth-order valence-corrected chi connectivity index (χ4v) is 2.30. The lowest BCUT2D eigenvalue weighted by Gasteiger charge is -2.20. The molecular weight excluding hydrogens is 212 g/mol. The lowest BCUT2D eigenvalue weighted by atomic mass is 10.1. The molecule has 90 valence electrons. The molecule has 1 aromatic rings. The molecule has 1 unspecified atom stereocenters. The molecule has 3 nitrogen and oxygen atoms in total. The first-order valence-electron chi connectivity index (χ1n) is 6.18. The van der Waals surface area contributed by atoms with Crippen LogP contribution in [0.3, 0.4) is 0 Å². The van der Waals surface area contributed by atoms with Crippen LogP contribution in [0, 0.1) is 11.3 Å². The van der Waals surface area contributed by atoms with Crippen molar-refractivity contribution in [3.63, 3.8) is 0 Å². The number of nitriles is 1. The number of benzene rings is 1. The molecule has 1 aliphatic heterocycles. The highest BCUT2D eigenvalue weighted by Crippen LogP contribution is 2.15. The van der Waals surface area contributed by atoms with E-state index in [4.69, 9.17) is 5.26 Å². The molecule has 1 heterocycles. The van der Waals surface area contributed by atoms with Crippen molar-refractivity contribution in [2.24, 2.45) is 0 Å². The van der Waals surface area contributed by atoms with Crippen molar-refractivity contribution in [3.8, 4) is 6.07 Å². The number of hydrogen-bond acceptors (Lipinski definition) is 3. The molecule has 3 heteroatoms. The van der Waals surface area contributed by atoms with Crippen LogP contribution in [0.25, 0.3) is 0 Å². The van der Waals surface area contributed by atoms with Crippen molar-refractivity contribution >= 4 is 0 Å². The third kappa shape index (κ3) is 3.29. The topological polar surface area (TPSA) is 47.3 Å². The second-order valence-electron chi connectivity index (χ2n) is 4.63. The van der Waals surface area contributed by atoms with Gasteiger partial charge < -0.3 is 5.11 Å². The van der Waals surface area contributed by atoms with E-state index in [1.807, 2.05) is 24.3 Å². The monoisotopic (exact) mass is 230 g/mol. The van der Waals surface area contributed by atoms with Gasteiger partial charge in [0.05, 0.1) is 17.7 Å². The highest BCUT2D eigenvalue weighted by molar-refractivity contribution is 5.37. The van der Waals surface area contributed by atoms with E-state index in [1.165, 1.54) is 0 Å². The Bertz CT molecular complexity index is 411. The van der Waals surface area contributed by atoms with E-state index >= 15 is 0 Å². The predicted molar refractivity (Wildman–Crippen MR) is 66.3 cm³/mol. The molecule has 0 aromatic heterocycles. The Morgan fingerprint density at radius 1 is 1.29 bits per heavy atom. The SMILES string of the molecule is N#Cc1ccccc1CN1CCCC(O)CC1. The van der Waals surface area contributed by atoms with Crippen molar-refractivity contribution in [3.05, 3.63) is 35.4 Å². The van der Waals surface area contributed by atoms with Crippen LogP contribution in [0.4, 0.5) is 0 Å². The normalized spacial score (nSPS) is 21.8. The molecule has 1 fully saturated rings. The zero-order valence-corrected chi connectivity index (χ0v) is 9.97. The molecule has 0 amide bonds. The zero-order valence-electron chi connectivity index (χ0n) is 9.97. The summed E-state index contributed by atoms with van der Waals surface area (Å²) >= 11 is 0. The Kier molecular flexibility index (Phi) is 4.13. The lowest BCUT2D eigenvalue weighted by molar-refractivity contribution is 0.154. The highest BCUT2D eigenvalue weighted by Gasteiger charge is 2.15. The fourth-order valence-electron chi connectivity index (χ4n) is 2.30. The summed E-state index contributed by atoms with van der Waals surface area (Å²) in [6, 6.07) is 9.98. The van der Waals surface area contributed by atoms with Crippen LogP contribution in [0.1, 0.15) is 30.4 Å². The first-order valence-corrected chi connectivity index (χ1v) is 6.18. The minimum atomic E-state index is -0.147. The molecule has 0 aliphatic carbocycles. The van der Waals surface area contributed by atoms with E-state index in [0.717, 1.165) is 50.0 Å². The van der Waals surface area contributed by atoms with Crippen molar-refractivity contribution in [2.45, 2.75) is 31.9 Å². The Balaban J connectivity index is 2.03. The van der Waals surface area contributed by atoms with Gasteiger partial charge in [-0.05, 0) is 37.4 Å². The zero-order chi connectivity index (χ0) is 12.1. The summed E-state index contributed by atoms with van der Waals surface area (Å²) in [7, 11) is 0. The maximum atomic E-state index is 9.59. The quantitative estimate of drug-likeness (QED) is 0.844. The van der Waals surface area contributed by atoms with Crippen molar-refractivity contribution in [2.75, 3.05) is 13.1 Å². The van der Waals surface area contributed by atoms with Gasteiger partial charge in [-0.2, -0.15) is 5.26 Å². The van der Waals surface area contributed by atoms with Gasteiger partial charge in [0, 0.05) is 13.1 Å². The van der Waals surface area contributed by atoms with Gasteiger partial charge in [0.2, 0.25) is 0 Å². The summed E-state index contributed by atoms with van der Waals surface area (Å²) < 4.78 is 0. The van der Waals surface area contributed by atoms with Crippen molar-refractivity contribution < 1.29 is 5.11 Å². The minimum absolute atomic E-state index is 0.147. The number of likely N-dealkylation sites (tertiary alicyclic amines) is 1. The second kappa shape index (κ2) is 5.81. The molecule has 17 heavy (non-hydrogen) atoms. The molecule has 1 aromatic carbocycles. The first-order chi connectivity index (χ1) is 8.29. The summed E-state index contributed by atoms with van der Waals surface area (Å²) in [4.78, 5) is 2.33. The lowest BCUT2D eigenvalue weighted by Crippen LogP contribution is -2.25. The van der Waals surface area contributed by atoms with Crippen LogP contribution in [0.15, 0.2) is 24.3 Å². The summed E-state index contributed by atoms with van der Waals surface area (Å²) in [6.07, 6.45) is 2.63. The third-order valence-electron chi connectivity index (χ3n) is 3.32. The smallest absolute Gasteiger partial charge is 0.0995 e. The molecule has 1 aliphatic rings. The molecule has 1 saturated heterocycles. The largest absolute Gasteiger partial charge is 0.393 e. The van der Waals surface area contributed by atoms with Gasteiger partial charge in [-0.25, -0.2) is 0 Å². The number of nitrogens with zero attached hydrogens (tertiary/aromatic N) is 2. The maximum absolute atomic E-state index is 9.59. The average Bonchev–Trinajstić information content (AvgIpc) is 2.55. The van der Waals surface area contributed by atoms with E-state index < -0.39 is 0 Å². The van der Waals surface area contributed by atoms with Gasteiger partial charge >= 0.3 is 0 Å². The second-order valence-corrected chi connectivity index (χ2v) is 4.63. The average molecular weight is 230 g/mol. The summed E-state index contributed by atoms with van der Waals surface area (Å²) in [5.74, 6) is 0. The summed E-state index contributed by atoms with van der Waals surface area (Å²) in [6.45, 7) is 2.74. The van der Waals surface area contributed by atoms with Gasteiger partial charge in [0.25, 0.3) is 0 Å². The standard InChI is InChI=1S/C14H18N2O/c15-10-12-4-1-2-5-13(12)11-16-8-3-6-14(17)7-9-16/h1-2,4-5,14,17H,3,6-9,11H2. The maximum Gasteiger partial charge on any atom is 0.0995 e. The molecule has 1 N–H and O–H groups in total. The Hall–Kier alpha value is -1.37. The van der Waals surface area contributed by atoms with E-state index in [9.17, 15) is 5.11 Å². The van der Waals surface area contributed by atoms with Crippen LogP contribution in [0.2, 0.25) is 0 Å². The van der Waals surface area contributed by atoms with Gasteiger partial charge in [0.1, 0.15) is 0 Å². The first kappa shape index (κ1) is 12.1. The van der Waals surface area contributed by atoms with E-state index in [-0.39, 0.29) is 6.10 Å². The van der Waals surface area contributed by atoms with Crippen molar-refractivity contribution in [1.82, 2.24) is 4.90 Å². The van der Waals surface area contributed by atoms with E-state index in [1.54, 1.807) is 0 Å². The third-order valence-corrected chi connectivity index (χ3v) is 3.32. The summed E-state index contributed by atoms with van der Waals surface area (Å²) in [5.41, 5.74) is 1.85. The van der Waals surface area contributed by atoms with Crippen LogP contribution in [0.5, 0.6) is 0 Å². The van der Waals surface area contributed by atoms with Gasteiger partial charge in [-0.1, -0.05) is 18.2 Å². The van der Waals surface area contributed by atoms with Gasteiger partial charge in [-0.3, -0.25) is 4.90 Å².